The zero-order valence-electron chi connectivity index (χ0n) is 12.8. The lowest BCUT2D eigenvalue weighted by atomic mass is 10.2. The number of rotatable bonds is 5. The molecule has 0 fully saturated rings. The quantitative estimate of drug-likeness (QED) is 0.705. The third kappa shape index (κ3) is 4.22. The van der Waals surface area contributed by atoms with Gasteiger partial charge in [-0.15, -0.1) is 10.2 Å². The van der Waals surface area contributed by atoms with E-state index in [4.69, 9.17) is 9.68 Å². The Hall–Kier alpha value is -3.18. The molecule has 124 valence electrons. The molecule has 0 aliphatic carbocycles. The highest BCUT2D eigenvalue weighted by Crippen LogP contribution is 2.25. The van der Waals surface area contributed by atoms with Crippen molar-refractivity contribution >= 4 is 23.4 Å². The van der Waals surface area contributed by atoms with Crippen molar-refractivity contribution in [2.75, 3.05) is 11.1 Å². The lowest BCUT2D eigenvalue weighted by molar-refractivity contribution is -0.113. The Morgan fingerprint density at radius 3 is 2.88 bits per heavy atom. The second kappa shape index (κ2) is 7.59. The number of hydrogen-bond acceptors (Lipinski definition) is 6. The van der Waals surface area contributed by atoms with Gasteiger partial charge in [0.2, 0.25) is 5.91 Å². The molecular formula is C17H11FN4O2S. The van der Waals surface area contributed by atoms with Crippen LogP contribution in [-0.2, 0) is 4.79 Å². The van der Waals surface area contributed by atoms with Crippen LogP contribution in [0.1, 0.15) is 5.56 Å². The second-order valence-electron chi connectivity index (χ2n) is 4.88. The van der Waals surface area contributed by atoms with Crippen molar-refractivity contribution in [3.8, 4) is 17.5 Å². The molecule has 0 unspecified atom stereocenters. The minimum Gasteiger partial charge on any atom is -0.411 e. The predicted octanol–water partition coefficient (Wildman–Crippen LogP) is 3.48. The van der Waals surface area contributed by atoms with E-state index in [0.717, 1.165) is 11.8 Å². The summed E-state index contributed by atoms with van der Waals surface area (Å²) >= 11 is 1.04. The van der Waals surface area contributed by atoms with Gasteiger partial charge >= 0.3 is 0 Å². The summed E-state index contributed by atoms with van der Waals surface area (Å²) in [4.78, 5) is 12.0. The topological polar surface area (TPSA) is 91.8 Å². The number of hydrogen-bond donors (Lipinski definition) is 1. The van der Waals surface area contributed by atoms with Crippen LogP contribution in [0.15, 0.2) is 58.2 Å². The summed E-state index contributed by atoms with van der Waals surface area (Å²) in [7, 11) is 0. The van der Waals surface area contributed by atoms with E-state index in [1.54, 1.807) is 36.4 Å². The van der Waals surface area contributed by atoms with Crippen LogP contribution < -0.4 is 5.32 Å². The van der Waals surface area contributed by atoms with Crippen LogP contribution >= 0.6 is 11.8 Å². The molecule has 0 saturated heterocycles. The predicted molar refractivity (Wildman–Crippen MR) is 90.2 cm³/mol. The summed E-state index contributed by atoms with van der Waals surface area (Å²) in [6, 6.07) is 14.7. The van der Waals surface area contributed by atoms with Crippen LogP contribution in [0.3, 0.4) is 0 Å². The Bertz CT molecular complexity index is 952. The van der Waals surface area contributed by atoms with Gasteiger partial charge in [-0.3, -0.25) is 4.79 Å². The summed E-state index contributed by atoms with van der Waals surface area (Å²) in [6.45, 7) is 0. The summed E-state index contributed by atoms with van der Waals surface area (Å²) in [6.07, 6.45) is 0. The normalized spacial score (nSPS) is 10.2. The van der Waals surface area contributed by atoms with Gasteiger partial charge in [0, 0.05) is 5.69 Å². The molecule has 0 saturated carbocycles. The maximum Gasteiger partial charge on any atom is 0.277 e. The van der Waals surface area contributed by atoms with Gasteiger partial charge in [0.1, 0.15) is 5.82 Å². The van der Waals surface area contributed by atoms with E-state index in [1.165, 1.54) is 12.1 Å². The molecule has 0 aliphatic rings. The fourth-order valence-electron chi connectivity index (χ4n) is 2.00. The Morgan fingerprint density at radius 1 is 1.24 bits per heavy atom. The van der Waals surface area contributed by atoms with E-state index in [9.17, 15) is 9.18 Å². The van der Waals surface area contributed by atoms with Crippen molar-refractivity contribution in [1.29, 1.82) is 5.26 Å². The smallest absolute Gasteiger partial charge is 0.277 e. The number of nitrogens with one attached hydrogen (secondary N) is 1. The van der Waals surface area contributed by atoms with Gasteiger partial charge in [-0.1, -0.05) is 30.0 Å². The molecule has 3 aromatic rings. The van der Waals surface area contributed by atoms with Crippen molar-refractivity contribution in [1.82, 2.24) is 10.2 Å². The number of thioether (sulfide) groups is 1. The van der Waals surface area contributed by atoms with E-state index < -0.39 is 5.82 Å². The zero-order chi connectivity index (χ0) is 17.6. The first-order chi connectivity index (χ1) is 12.2. The first-order valence-electron chi connectivity index (χ1n) is 7.17. The first-order valence-corrected chi connectivity index (χ1v) is 8.15. The SMILES string of the molecule is N#Cc1cccc(NC(=O)CSc2nnc(-c3ccccc3F)o2)c1. The molecule has 0 spiro atoms. The minimum atomic E-state index is -0.460. The van der Waals surface area contributed by atoms with Crippen molar-refractivity contribution in [2.45, 2.75) is 5.22 Å². The van der Waals surface area contributed by atoms with Crippen molar-refractivity contribution in [3.05, 3.63) is 59.9 Å². The third-order valence-electron chi connectivity index (χ3n) is 3.11. The number of aromatic nitrogens is 2. The maximum atomic E-state index is 13.7. The Balaban J connectivity index is 1.60. The molecule has 0 aliphatic heterocycles. The first kappa shape index (κ1) is 16.7. The van der Waals surface area contributed by atoms with Crippen LogP contribution in [0.25, 0.3) is 11.5 Å². The highest BCUT2D eigenvalue weighted by Gasteiger charge is 2.14. The van der Waals surface area contributed by atoms with Gasteiger partial charge in [-0.2, -0.15) is 5.26 Å². The highest BCUT2D eigenvalue weighted by molar-refractivity contribution is 7.99. The van der Waals surface area contributed by atoms with Gasteiger partial charge in [0.05, 0.1) is 22.9 Å². The average molecular weight is 354 g/mol. The molecule has 3 rings (SSSR count). The lowest BCUT2D eigenvalue weighted by Crippen LogP contribution is -2.14. The van der Waals surface area contributed by atoms with E-state index in [1.807, 2.05) is 6.07 Å². The fraction of sp³-hybridized carbons (Fsp3) is 0.0588. The molecule has 25 heavy (non-hydrogen) atoms. The summed E-state index contributed by atoms with van der Waals surface area (Å²) in [5.74, 6) is -0.651. The highest BCUT2D eigenvalue weighted by atomic mass is 32.2. The van der Waals surface area contributed by atoms with Crippen molar-refractivity contribution < 1.29 is 13.6 Å². The van der Waals surface area contributed by atoms with Gasteiger partial charge in [0.15, 0.2) is 0 Å². The maximum absolute atomic E-state index is 13.7. The molecule has 0 radical (unpaired) electrons. The molecule has 1 amide bonds. The summed E-state index contributed by atoms with van der Waals surface area (Å²) in [5.41, 5.74) is 1.19. The van der Waals surface area contributed by atoms with E-state index in [0.29, 0.717) is 11.3 Å². The monoisotopic (exact) mass is 354 g/mol. The minimum absolute atomic E-state index is 0.0374. The Labute approximate surface area is 146 Å². The van der Waals surface area contributed by atoms with Gasteiger partial charge in [0.25, 0.3) is 11.1 Å². The standard InChI is InChI=1S/C17H11FN4O2S/c18-14-7-2-1-6-13(14)16-21-22-17(24-16)25-10-15(23)20-12-5-3-4-11(8-12)9-19/h1-8H,10H2,(H,20,23). The largest absolute Gasteiger partial charge is 0.411 e. The van der Waals surface area contributed by atoms with Crippen LogP contribution in [0.4, 0.5) is 10.1 Å². The molecule has 0 atom stereocenters. The molecule has 0 bridgehead atoms. The molecule has 1 aromatic heterocycles. The average Bonchev–Trinajstić information content (AvgIpc) is 3.09. The number of anilines is 1. The molecule has 6 nitrogen and oxygen atoms in total. The van der Waals surface area contributed by atoms with E-state index >= 15 is 0 Å². The van der Waals surface area contributed by atoms with Crippen LogP contribution in [0.5, 0.6) is 0 Å². The Morgan fingerprint density at radius 2 is 2.08 bits per heavy atom. The van der Waals surface area contributed by atoms with Crippen LogP contribution in [0, 0.1) is 17.1 Å². The lowest BCUT2D eigenvalue weighted by Gasteiger charge is -2.03. The molecule has 1 N–H and O–H groups in total. The number of carbonyl (C=O) groups excluding carboxylic acids is 1. The third-order valence-corrected chi connectivity index (χ3v) is 3.93. The fourth-order valence-corrected chi connectivity index (χ4v) is 2.57. The number of halogens is 1. The van der Waals surface area contributed by atoms with Gasteiger partial charge in [-0.25, -0.2) is 4.39 Å². The number of amides is 1. The molecular weight excluding hydrogens is 343 g/mol. The van der Waals surface area contributed by atoms with E-state index in [-0.39, 0.29) is 28.3 Å². The van der Waals surface area contributed by atoms with Gasteiger partial charge in [-0.05, 0) is 30.3 Å². The zero-order valence-corrected chi connectivity index (χ0v) is 13.6. The number of carbonyl (C=O) groups is 1. The molecule has 8 heteroatoms. The second-order valence-corrected chi connectivity index (χ2v) is 5.81. The molecule has 2 aromatic carbocycles. The number of benzene rings is 2. The van der Waals surface area contributed by atoms with Gasteiger partial charge < -0.3 is 9.73 Å². The number of nitrogens with zero attached hydrogens (tertiary/aromatic N) is 3. The molecule has 1 heterocycles. The van der Waals surface area contributed by atoms with Crippen molar-refractivity contribution in [3.63, 3.8) is 0 Å². The van der Waals surface area contributed by atoms with Crippen molar-refractivity contribution in [2.24, 2.45) is 0 Å². The van der Waals surface area contributed by atoms with Crippen LogP contribution in [-0.4, -0.2) is 21.9 Å². The van der Waals surface area contributed by atoms with Crippen LogP contribution in [0.2, 0.25) is 0 Å². The van der Waals surface area contributed by atoms with E-state index in [2.05, 4.69) is 15.5 Å². The summed E-state index contributed by atoms with van der Waals surface area (Å²) < 4.78 is 19.0. The summed E-state index contributed by atoms with van der Waals surface area (Å²) in [5, 5.41) is 19.3. The number of nitriles is 1. The Kier molecular flexibility index (Phi) is 5.06.